The molecule has 1 unspecified atom stereocenters. The highest BCUT2D eigenvalue weighted by atomic mass is 31.2. The number of nitrogens with zero attached hydrogens (tertiary/aromatic N) is 1. The number of H-pyrrole nitrogens is 1. The van der Waals surface area contributed by atoms with Crippen LogP contribution in [-0.2, 0) is 17.5 Å². The smallest absolute Gasteiger partial charge is 0.317 e. The standard InChI is InChI=1S/C19H23N2O4P/c1-21(2,14-15-7-4-3-5-8-15)12-11-16-13-20-17-9-6-10-18(19(16)17)25-26(22,23)24/h3-10,13,20H,11-12,14H2,1-2H3,(H-,22,23,24). The largest absolute Gasteiger partial charge is 0.746 e. The molecule has 2 aromatic carbocycles. The number of rotatable bonds is 7. The molecule has 0 amide bonds. The predicted octanol–water partition coefficient (Wildman–Crippen LogP) is 2.83. The van der Waals surface area contributed by atoms with E-state index in [0.29, 0.717) is 5.39 Å². The van der Waals surface area contributed by atoms with Crippen molar-refractivity contribution < 1.29 is 23.4 Å². The molecule has 0 aliphatic rings. The fourth-order valence-corrected chi connectivity index (χ4v) is 3.60. The Labute approximate surface area is 152 Å². The number of phosphoric acid groups is 1. The normalized spacial score (nSPS) is 14.3. The van der Waals surface area contributed by atoms with Crippen molar-refractivity contribution in [2.75, 3.05) is 20.6 Å². The molecule has 7 heteroatoms. The Kier molecular flexibility index (Phi) is 5.21. The highest BCUT2D eigenvalue weighted by molar-refractivity contribution is 7.45. The van der Waals surface area contributed by atoms with Crippen LogP contribution in [0.4, 0.5) is 0 Å². The van der Waals surface area contributed by atoms with Gasteiger partial charge in [0.05, 0.1) is 20.6 Å². The quantitative estimate of drug-likeness (QED) is 0.492. The average molecular weight is 374 g/mol. The van der Waals surface area contributed by atoms with E-state index in [-0.39, 0.29) is 5.75 Å². The monoisotopic (exact) mass is 374 g/mol. The number of nitrogens with one attached hydrogen (secondary N) is 1. The van der Waals surface area contributed by atoms with E-state index >= 15 is 0 Å². The van der Waals surface area contributed by atoms with E-state index in [4.69, 9.17) is 9.42 Å². The van der Waals surface area contributed by atoms with Crippen molar-refractivity contribution in [3.63, 3.8) is 0 Å². The number of fused-ring (bicyclic) bond motifs is 1. The van der Waals surface area contributed by atoms with Crippen molar-refractivity contribution in [1.82, 2.24) is 4.98 Å². The molecule has 1 aromatic heterocycles. The van der Waals surface area contributed by atoms with Gasteiger partial charge in [0.2, 0.25) is 0 Å². The zero-order chi connectivity index (χ0) is 18.8. The lowest BCUT2D eigenvalue weighted by atomic mass is 10.1. The summed E-state index contributed by atoms with van der Waals surface area (Å²) >= 11 is 0. The van der Waals surface area contributed by atoms with E-state index in [2.05, 4.69) is 31.2 Å². The Bertz CT molecular complexity index is 931. The zero-order valence-corrected chi connectivity index (χ0v) is 15.8. The van der Waals surface area contributed by atoms with Gasteiger partial charge < -0.3 is 23.8 Å². The van der Waals surface area contributed by atoms with Gasteiger partial charge in [-0.15, -0.1) is 0 Å². The zero-order valence-electron chi connectivity index (χ0n) is 14.9. The van der Waals surface area contributed by atoms with E-state index < -0.39 is 7.82 Å². The van der Waals surface area contributed by atoms with Crippen LogP contribution in [0.2, 0.25) is 0 Å². The molecular formula is C19H23N2O4P. The maximum atomic E-state index is 11.1. The number of quaternary nitrogens is 1. The second-order valence-electron chi connectivity index (χ2n) is 7.11. The van der Waals surface area contributed by atoms with Crippen LogP contribution in [0.25, 0.3) is 10.9 Å². The second-order valence-corrected chi connectivity index (χ2v) is 8.23. The minimum Gasteiger partial charge on any atom is -0.746 e. The van der Waals surface area contributed by atoms with Crippen LogP contribution in [0, 0.1) is 0 Å². The number of aromatic amines is 1. The molecule has 0 aliphatic heterocycles. The lowest BCUT2D eigenvalue weighted by Crippen LogP contribution is -2.40. The van der Waals surface area contributed by atoms with Crippen molar-refractivity contribution in [2.24, 2.45) is 0 Å². The third-order valence-corrected chi connectivity index (χ3v) is 4.83. The van der Waals surface area contributed by atoms with Gasteiger partial charge >= 0.3 is 7.82 Å². The molecule has 6 nitrogen and oxygen atoms in total. The van der Waals surface area contributed by atoms with Gasteiger partial charge in [0.25, 0.3) is 0 Å². The van der Waals surface area contributed by atoms with Gasteiger partial charge in [0.1, 0.15) is 12.3 Å². The SMILES string of the molecule is C[N+](C)(CCc1c[nH]c2cccc(OP(=O)([O-])O)c12)Cc1ccccc1. The maximum absolute atomic E-state index is 11.1. The van der Waals surface area contributed by atoms with Crippen molar-refractivity contribution in [1.29, 1.82) is 0 Å². The number of aromatic nitrogens is 1. The van der Waals surface area contributed by atoms with Crippen molar-refractivity contribution in [2.45, 2.75) is 13.0 Å². The number of likely N-dealkylation sites (N-methyl/N-ethyl adjacent to an activating group) is 1. The summed E-state index contributed by atoms with van der Waals surface area (Å²) in [6, 6.07) is 15.4. The van der Waals surface area contributed by atoms with E-state index in [9.17, 15) is 9.46 Å². The van der Waals surface area contributed by atoms with Crippen LogP contribution < -0.4 is 9.42 Å². The van der Waals surface area contributed by atoms with Gasteiger partial charge in [-0.3, -0.25) is 4.57 Å². The summed E-state index contributed by atoms with van der Waals surface area (Å²) in [5.74, 6) is 0.146. The highest BCUT2D eigenvalue weighted by Gasteiger charge is 2.19. The molecule has 26 heavy (non-hydrogen) atoms. The first-order chi connectivity index (χ1) is 12.2. The fourth-order valence-electron chi connectivity index (χ4n) is 3.20. The first-order valence-electron chi connectivity index (χ1n) is 8.42. The number of hydrogen-bond donors (Lipinski definition) is 2. The minimum absolute atomic E-state index is 0.146. The summed E-state index contributed by atoms with van der Waals surface area (Å²) in [4.78, 5) is 23.3. The van der Waals surface area contributed by atoms with Gasteiger partial charge in [-0.1, -0.05) is 36.4 Å². The minimum atomic E-state index is -4.85. The topological polar surface area (TPSA) is 85.4 Å². The van der Waals surface area contributed by atoms with Crippen LogP contribution in [-0.4, -0.2) is 35.0 Å². The molecule has 0 radical (unpaired) electrons. The predicted molar refractivity (Wildman–Crippen MR) is 99.6 cm³/mol. The molecule has 0 saturated heterocycles. The van der Waals surface area contributed by atoms with E-state index in [0.717, 1.165) is 35.1 Å². The Morgan fingerprint density at radius 3 is 2.58 bits per heavy atom. The first kappa shape index (κ1) is 18.7. The maximum Gasteiger partial charge on any atom is 0.317 e. The van der Waals surface area contributed by atoms with Crippen LogP contribution in [0.5, 0.6) is 5.75 Å². The molecule has 0 spiro atoms. The van der Waals surface area contributed by atoms with Gasteiger partial charge in [-0.2, -0.15) is 0 Å². The Morgan fingerprint density at radius 2 is 1.88 bits per heavy atom. The van der Waals surface area contributed by atoms with Crippen molar-refractivity contribution in [3.05, 3.63) is 65.9 Å². The summed E-state index contributed by atoms with van der Waals surface area (Å²) in [6.07, 6.45) is 2.61. The lowest BCUT2D eigenvalue weighted by Gasteiger charge is -2.30. The average Bonchev–Trinajstić information content (AvgIpc) is 2.96. The van der Waals surface area contributed by atoms with Crippen LogP contribution >= 0.6 is 7.82 Å². The second kappa shape index (κ2) is 7.25. The molecule has 0 bridgehead atoms. The van der Waals surface area contributed by atoms with Gasteiger partial charge in [0.15, 0.2) is 0 Å². The highest BCUT2D eigenvalue weighted by Crippen LogP contribution is 2.38. The van der Waals surface area contributed by atoms with Gasteiger partial charge in [-0.25, -0.2) is 0 Å². The molecule has 138 valence electrons. The summed E-state index contributed by atoms with van der Waals surface area (Å²) in [6.45, 7) is 1.77. The first-order valence-corrected chi connectivity index (χ1v) is 9.91. The van der Waals surface area contributed by atoms with Crippen LogP contribution in [0.3, 0.4) is 0 Å². The van der Waals surface area contributed by atoms with Gasteiger partial charge in [-0.05, 0) is 17.7 Å². The lowest BCUT2D eigenvalue weighted by molar-refractivity contribution is -0.903. The molecule has 1 atom stereocenters. The van der Waals surface area contributed by atoms with Crippen molar-refractivity contribution >= 4 is 18.7 Å². The molecule has 3 rings (SSSR count). The summed E-state index contributed by atoms with van der Waals surface area (Å²) in [7, 11) is -0.522. The molecule has 0 fully saturated rings. The summed E-state index contributed by atoms with van der Waals surface area (Å²) in [5, 5.41) is 0.692. The summed E-state index contributed by atoms with van der Waals surface area (Å²) in [5.41, 5.74) is 3.01. The molecule has 2 N–H and O–H groups in total. The third-order valence-electron chi connectivity index (χ3n) is 4.40. The number of hydrogen-bond acceptors (Lipinski definition) is 3. The van der Waals surface area contributed by atoms with Gasteiger partial charge in [0, 0.05) is 29.1 Å². The Morgan fingerprint density at radius 1 is 1.15 bits per heavy atom. The molecule has 3 aromatic rings. The molecule has 1 heterocycles. The van der Waals surface area contributed by atoms with Crippen molar-refractivity contribution in [3.8, 4) is 5.75 Å². The number of benzene rings is 2. The molecule has 0 saturated carbocycles. The molecular weight excluding hydrogens is 351 g/mol. The summed E-state index contributed by atoms with van der Waals surface area (Å²) < 4.78 is 16.7. The van der Waals surface area contributed by atoms with E-state index in [1.54, 1.807) is 12.1 Å². The van der Waals surface area contributed by atoms with E-state index in [1.807, 2.05) is 30.5 Å². The van der Waals surface area contributed by atoms with E-state index in [1.165, 1.54) is 5.56 Å². The molecule has 0 aliphatic carbocycles. The van der Waals surface area contributed by atoms with Crippen LogP contribution in [0.15, 0.2) is 54.7 Å². The Hall–Kier alpha value is -2.11. The third kappa shape index (κ3) is 4.74. The fraction of sp³-hybridized carbons (Fsp3) is 0.263. The number of phosphoric ester groups is 1. The van der Waals surface area contributed by atoms with Crippen LogP contribution in [0.1, 0.15) is 11.1 Å². The Balaban J connectivity index is 1.79.